The van der Waals surface area contributed by atoms with Crippen molar-refractivity contribution in [2.75, 3.05) is 7.11 Å². The Morgan fingerprint density at radius 1 is 1.11 bits per heavy atom. The van der Waals surface area contributed by atoms with Crippen LogP contribution in [0.3, 0.4) is 0 Å². The van der Waals surface area contributed by atoms with E-state index in [9.17, 15) is 27.9 Å². The number of amides is 1. The summed E-state index contributed by atoms with van der Waals surface area (Å²) in [6, 6.07) is 2.29. The molecule has 2 aromatic rings. The van der Waals surface area contributed by atoms with Gasteiger partial charge in [-0.1, -0.05) is 27.2 Å². The van der Waals surface area contributed by atoms with Gasteiger partial charge in [-0.15, -0.1) is 0 Å². The highest BCUT2D eigenvalue weighted by Crippen LogP contribution is 2.51. The van der Waals surface area contributed by atoms with E-state index in [-0.39, 0.29) is 24.2 Å². The summed E-state index contributed by atoms with van der Waals surface area (Å²) in [7, 11) is 1.48. The number of aliphatic carboxylic acids is 1. The molecule has 2 fully saturated rings. The number of pyridine rings is 2. The zero-order valence-corrected chi connectivity index (χ0v) is 26.6. The van der Waals surface area contributed by atoms with Crippen LogP contribution in [0.25, 0.3) is 0 Å². The van der Waals surface area contributed by atoms with Crippen molar-refractivity contribution in [2.24, 2.45) is 11.3 Å². The molecule has 0 aromatic carbocycles. The molecule has 45 heavy (non-hydrogen) atoms. The standard InChI is InChI=1S/C32H42F3N3O7/c1-17(2)44-28-22(12-9-13-36-28)24-26(43-16-21-14-20(19-10-8-11-19)15-37-27(21)42-7)23(31(4,5)6)25(29(39)40)38(24)30(41)45-18(3)32(33,34)35/h9,12-15,17-19,23-26H,8,10-11,16H2,1-7H3,(H,39,40)/t18?,23-,24+,25+,26+/m1/s1. The normalized spacial score (nSPS) is 23.0. The van der Waals surface area contributed by atoms with E-state index in [0.29, 0.717) is 24.3 Å². The molecule has 4 rings (SSSR count). The summed E-state index contributed by atoms with van der Waals surface area (Å²) in [5, 5.41) is 10.6. The molecular weight excluding hydrogens is 595 g/mol. The molecule has 0 radical (unpaired) electrons. The largest absolute Gasteiger partial charge is 0.481 e. The van der Waals surface area contributed by atoms with Crippen LogP contribution in [0.5, 0.6) is 11.8 Å². The lowest BCUT2D eigenvalue weighted by Crippen LogP contribution is -2.48. The lowest BCUT2D eigenvalue weighted by molar-refractivity contribution is -0.200. The molecule has 13 heteroatoms. The SMILES string of the molecule is COc1ncc(C2CCC2)cc1CO[C@H]1[C@H](C(C)(C)C)[C@@H](C(=O)O)N(C(=O)OC(C)C(F)(F)F)[C@H]1c1cccnc1OC(C)C. The van der Waals surface area contributed by atoms with Gasteiger partial charge in [0.1, 0.15) is 6.04 Å². The second-order valence-corrected chi connectivity index (χ2v) is 13.0. The molecule has 1 saturated carbocycles. The number of hydrogen-bond acceptors (Lipinski definition) is 8. The fraction of sp³-hybridized carbons (Fsp3) is 0.625. The van der Waals surface area contributed by atoms with Gasteiger partial charge in [0.05, 0.1) is 32.0 Å². The minimum Gasteiger partial charge on any atom is -0.481 e. The predicted molar refractivity (Wildman–Crippen MR) is 157 cm³/mol. The monoisotopic (exact) mass is 637 g/mol. The maximum atomic E-state index is 13.7. The summed E-state index contributed by atoms with van der Waals surface area (Å²) in [4.78, 5) is 36.3. The topological polar surface area (TPSA) is 120 Å². The maximum Gasteiger partial charge on any atom is 0.425 e. The molecule has 10 nitrogen and oxygen atoms in total. The van der Waals surface area contributed by atoms with Crippen LogP contribution in [0.15, 0.2) is 30.6 Å². The zero-order chi connectivity index (χ0) is 33.3. The van der Waals surface area contributed by atoms with Crippen molar-refractivity contribution in [1.29, 1.82) is 0 Å². The second kappa shape index (κ2) is 13.4. The molecule has 248 valence electrons. The van der Waals surface area contributed by atoms with Crippen molar-refractivity contribution in [1.82, 2.24) is 14.9 Å². The average molecular weight is 638 g/mol. The van der Waals surface area contributed by atoms with Crippen LogP contribution in [0.2, 0.25) is 0 Å². The molecular formula is C32H42F3N3O7. The van der Waals surface area contributed by atoms with Gasteiger partial charge in [-0.2, -0.15) is 13.2 Å². The molecule has 1 saturated heterocycles. The molecule has 2 aromatic heterocycles. The van der Waals surface area contributed by atoms with Crippen LogP contribution in [-0.4, -0.2) is 69.7 Å². The van der Waals surface area contributed by atoms with Gasteiger partial charge in [0.2, 0.25) is 11.8 Å². The number of rotatable bonds is 10. The quantitative estimate of drug-likeness (QED) is 0.304. The Bertz CT molecular complexity index is 1360. The van der Waals surface area contributed by atoms with Crippen molar-refractivity contribution in [3.8, 4) is 11.8 Å². The maximum absolute atomic E-state index is 13.7. The summed E-state index contributed by atoms with van der Waals surface area (Å²) < 4.78 is 63.5. The highest BCUT2D eigenvalue weighted by atomic mass is 19.4. The zero-order valence-electron chi connectivity index (χ0n) is 26.6. The van der Waals surface area contributed by atoms with E-state index in [4.69, 9.17) is 18.9 Å². The Morgan fingerprint density at radius 3 is 2.33 bits per heavy atom. The Hall–Kier alpha value is -3.61. The van der Waals surface area contributed by atoms with Crippen molar-refractivity contribution in [2.45, 2.75) is 110 Å². The smallest absolute Gasteiger partial charge is 0.425 e. The van der Waals surface area contributed by atoms with Crippen LogP contribution < -0.4 is 9.47 Å². The number of hydrogen-bond donors (Lipinski definition) is 1. The van der Waals surface area contributed by atoms with E-state index in [1.165, 1.54) is 13.3 Å². The summed E-state index contributed by atoms with van der Waals surface area (Å²) >= 11 is 0. The number of carbonyl (C=O) groups is 2. The second-order valence-electron chi connectivity index (χ2n) is 13.0. The molecule has 1 unspecified atom stereocenters. The van der Waals surface area contributed by atoms with Gasteiger partial charge in [-0.05, 0) is 68.7 Å². The third kappa shape index (κ3) is 7.45. The van der Waals surface area contributed by atoms with Gasteiger partial charge >= 0.3 is 18.2 Å². The molecule has 1 amide bonds. The summed E-state index contributed by atoms with van der Waals surface area (Å²) in [5.74, 6) is -1.53. The molecule has 5 atom stereocenters. The Labute approximate surface area is 261 Å². The molecule has 3 heterocycles. The predicted octanol–water partition coefficient (Wildman–Crippen LogP) is 6.68. The third-order valence-corrected chi connectivity index (χ3v) is 8.42. The van der Waals surface area contributed by atoms with Crippen LogP contribution in [0.4, 0.5) is 18.0 Å². The Kier molecular flexibility index (Phi) is 10.2. The summed E-state index contributed by atoms with van der Waals surface area (Å²) in [6.07, 6.45) is -3.75. The first-order valence-electron chi connectivity index (χ1n) is 15.1. The first-order valence-corrected chi connectivity index (χ1v) is 15.1. The molecule has 1 N–H and O–H groups in total. The van der Waals surface area contributed by atoms with Crippen molar-refractivity contribution in [3.05, 3.63) is 47.3 Å². The molecule has 1 aliphatic carbocycles. The number of alkyl halides is 3. The summed E-state index contributed by atoms with van der Waals surface area (Å²) in [6.45, 7) is 9.54. The molecule has 1 aliphatic heterocycles. The molecule has 0 spiro atoms. The van der Waals surface area contributed by atoms with Crippen LogP contribution >= 0.6 is 0 Å². The van der Waals surface area contributed by atoms with Gasteiger partial charge in [0.25, 0.3) is 0 Å². The van der Waals surface area contributed by atoms with Gasteiger partial charge < -0.3 is 24.1 Å². The van der Waals surface area contributed by atoms with Crippen LogP contribution in [0.1, 0.15) is 89.5 Å². The number of carboxylic acid groups (broad SMARTS) is 1. The molecule has 2 aliphatic rings. The number of likely N-dealkylation sites (tertiary alicyclic amines) is 1. The number of carbonyl (C=O) groups excluding carboxylic acids is 1. The Morgan fingerprint density at radius 2 is 1.80 bits per heavy atom. The van der Waals surface area contributed by atoms with Crippen molar-refractivity contribution in [3.63, 3.8) is 0 Å². The van der Waals surface area contributed by atoms with Crippen LogP contribution in [-0.2, 0) is 20.9 Å². The fourth-order valence-corrected chi connectivity index (χ4v) is 6.05. The number of aromatic nitrogens is 2. The van der Waals surface area contributed by atoms with Gasteiger partial charge in [0.15, 0.2) is 6.10 Å². The minimum atomic E-state index is -4.86. The lowest BCUT2D eigenvalue weighted by Gasteiger charge is -2.35. The van der Waals surface area contributed by atoms with E-state index in [1.54, 1.807) is 52.9 Å². The highest BCUT2D eigenvalue weighted by molar-refractivity contribution is 5.82. The van der Waals surface area contributed by atoms with Gasteiger partial charge in [-0.3, -0.25) is 4.90 Å². The number of nitrogens with zero attached hydrogens (tertiary/aromatic N) is 3. The van der Waals surface area contributed by atoms with Crippen molar-refractivity contribution < 1.29 is 46.8 Å². The van der Waals surface area contributed by atoms with E-state index in [2.05, 4.69) is 9.97 Å². The summed E-state index contributed by atoms with van der Waals surface area (Å²) in [5.41, 5.74) is 1.12. The van der Waals surface area contributed by atoms with E-state index < -0.39 is 53.9 Å². The average Bonchev–Trinajstić information content (AvgIpc) is 3.26. The third-order valence-electron chi connectivity index (χ3n) is 8.42. The number of carboxylic acids is 1. The fourth-order valence-electron chi connectivity index (χ4n) is 6.05. The Balaban J connectivity index is 1.86. The molecule has 0 bridgehead atoms. The first kappa shape index (κ1) is 34.3. The van der Waals surface area contributed by atoms with Gasteiger partial charge in [0, 0.05) is 29.4 Å². The lowest BCUT2D eigenvalue weighted by atomic mass is 9.73. The highest BCUT2D eigenvalue weighted by Gasteiger charge is 2.60. The van der Waals surface area contributed by atoms with E-state index in [0.717, 1.165) is 29.7 Å². The minimum absolute atomic E-state index is 0.0701. The van der Waals surface area contributed by atoms with Crippen LogP contribution in [0, 0.1) is 11.3 Å². The van der Waals surface area contributed by atoms with Gasteiger partial charge in [-0.25, -0.2) is 19.6 Å². The van der Waals surface area contributed by atoms with E-state index in [1.807, 2.05) is 6.07 Å². The first-order chi connectivity index (χ1) is 21.0. The number of ether oxygens (including phenoxy) is 4. The van der Waals surface area contributed by atoms with E-state index >= 15 is 0 Å². The van der Waals surface area contributed by atoms with Crippen molar-refractivity contribution >= 4 is 12.1 Å². The number of halogens is 3. The number of methoxy groups -OCH3 is 1.